The van der Waals surface area contributed by atoms with Gasteiger partial charge in [-0.2, -0.15) is 0 Å². The van der Waals surface area contributed by atoms with Gasteiger partial charge in [-0.3, -0.25) is 4.90 Å². The summed E-state index contributed by atoms with van der Waals surface area (Å²) in [6.07, 6.45) is 1.11. The van der Waals surface area contributed by atoms with Crippen LogP contribution in [0.1, 0.15) is 31.9 Å². The summed E-state index contributed by atoms with van der Waals surface area (Å²) < 4.78 is 11.0. The zero-order valence-electron chi connectivity index (χ0n) is 18.5. The Morgan fingerprint density at radius 1 is 0.968 bits per heavy atom. The van der Waals surface area contributed by atoms with Crippen LogP contribution in [0.2, 0.25) is 0 Å². The summed E-state index contributed by atoms with van der Waals surface area (Å²) in [6, 6.07) is 21.6. The number of aromatic nitrogens is 1. The van der Waals surface area contributed by atoms with Crippen LogP contribution < -0.4 is 9.64 Å². The first-order valence-corrected chi connectivity index (χ1v) is 9.99. The average Bonchev–Trinajstić information content (AvgIpc) is 2.77. The normalized spacial score (nSPS) is 10.9. The van der Waals surface area contributed by atoms with Gasteiger partial charge in [-0.05, 0) is 20.8 Å². The van der Waals surface area contributed by atoms with E-state index in [1.807, 2.05) is 81.4 Å². The van der Waals surface area contributed by atoms with E-state index in [1.165, 1.54) is 4.90 Å². The Kier molecular flexibility index (Phi) is 6.70. The molecule has 31 heavy (non-hydrogen) atoms. The highest BCUT2D eigenvalue weighted by molar-refractivity contribution is 6.14. The molecular formula is C25H27N3O3. The van der Waals surface area contributed by atoms with E-state index >= 15 is 0 Å². The van der Waals surface area contributed by atoms with Crippen molar-refractivity contribution in [2.75, 3.05) is 19.1 Å². The minimum atomic E-state index is -0.597. The number of hydrogen-bond acceptors (Lipinski definition) is 5. The molecule has 0 N–H and O–H groups in total. The molecule has 0 aliphatic carbocycles. The van der Waals surface area contributed by atoms with Crippen molar-refractivity contribution < 1.29 is 14.3 Å². The van der Waals surface area contributed by atoms with Gasteiger partial charge in [-0.25, -0.2) is 14.8 Å². The summed E-state index contributed by atoms with van der Waals surface area (Å²) >= 11 is 0. The van der Waals surface area contributed by atoms with Gasteiger partial charge in [-0.1, -0.05) is 60.7 Å². The lowest BCUT2D eigenvalue weighted by molar-refractivity contribution is 0.0588. The molecule has 1 heterocycles. The Morgan fingerprint density at radius 2 is 1.52 bits per heavy atom. The summed E-state index contributed by atoms with van der Waals surface area (Å²) in [4.78, 5) is 23.0. The molecule has 2 aromatic carbocycles. The van der Waals surface area contributed by atoms with Gasteiger partial charge in [0.25, 0.3) is 0 Å². The second-order valence-corrected chi connectivity index (χ2v) is 7.95. The van der Waals surface area contributed by atoms with Crippen molar-refractivity contribution in [2.45, 2.75) is 26.4 Å². The molecule has 3 rings (SSSR count). The molecule has 0 aliphatic heterocycles. The van der Waals surface area contributed by atoms with Gasteiger partial charge < -0.3 is 9.47 Å². The Bertz CT molecular complexity index is 1020. The van der Waals surface area contributed by atoms with Gasteiger partial charge in [-0.15, -0.1) is 0 Å². The minimum Gasteiger partial charge on any atom is -0.494 e. The highest BCUT2D eigenvalue weighted by Gasteiger charge is 2.22. The number of anilines is 1. The highest BCUT2D eigenvalue weighted by atomic mass is 16.6. The fraction of sp³-hybridized carbons (Fsp3) is 0.240. The SMILES string of the molecule is COc1cc(N(C)C(=O)OC(C)(C)C)ncc1N=C(c1ccccc1)c1ccccc1. The number of methoxy groups -OCH3 is 1. The van der Waals surface area contributed by atoms with Crippen LogP contribution in [0.25, 0.3) is 0 Å². The summed E-state index contributed by atoms with van der Waals surface area (Å²) in [5, 5.41) is 0. The number of benzene rings is 2. The highest BCUT2D eigenvalue weighted by Crippen LogP contribution is 2.31. The predicted molar refractivity (Wildman–Crippen MR) is 124 cm³/mol. The third-order valence-corrected chi connectivity index (χ3v) is 4.39. The molecule has 0 fully saturated rings. The third-order valence-electron chi connectivity index (χ3n) is 4.39. The summed E-state index contributed by atoms with van der Waals surface area (Å²) in [5.74, 6) is 0.913. The number of carbonyl (C=O) groups excluding carboxylic acids is 1. The standard InChI is InChI=1S/C25H27N3O3/c1-25(2,3)31-24(29)28(4)22-16-21(30-5)20(17-26-22)27-23(18-12-8-6-9-13-18)19-14-10-7-11-15-19/h6-17H,1-5H3. The summed E-state index contributed by atoms with van der Waals surface area (Å²) in [6.45, 7) is 5.46. The third kappa shape index (κ3) is 5.69. The van der Waals surface area contributed by atoms with Crippen molar-refractivity contribution in [3.63, 3.8) is 0 Å². The van der Waals surface area contributed by atoms with Crippen LogP contribution >= 0.6 is 0 Å². The van der Waals surface area contributed by atoms with Crippen LogP contribution in [0, 0.1) is 0 Å². The van der Waals surface area contributed by atoms with Gasteiger partial charge in [0.1, 0.15) is 22.9 Å². The number of nitrogens with zero attached hydrogens (tertiary/aromatic N) is 3. The van der Waals surface area contributed by atoms with E-state index < -0.39 is 11.7 Å². The fourth-order valence-electron chi connectivity index (χ4n) is 2.88. The maximum absolute atomic E-state index is 12.4. The first kappa shape index (κ1) is 22.0. The minimum absolute atomic E-state index is 0.408. The number of carbonyl (C=O) groups is 1. The molecule has 6 nitrogen and oxygen atoms in total. The van der Waals surface area contributed by atoms with E-state index in [2.05, 4.69) is 4.98 Å². The molecule has 0 saturated heterocycles. The van der Waals surface area contributed by atoms with E-state index in [-0.39, 0.29) is 0 Å². The Balaban J connectivity index is 2.01. The first-order valence-electron chi connectivity index (χ1n) is 9.99. The molecular weight excluding hydrogens is 390 g/mol. The van der Waals surface area contributed by atoms with E-state index in [0.717, 1.165) is 16.8 Å². The maximum atomic E-state index is 12.4. The van der Waals surface area contributed by atoms with Crippen LogP contribution in [-0.4, -0.2) is 36.5 Å². The topological polar surface area (TPSA) is 64.0 Å². The number of ether oxygens (including phenoxy) is 2. The van der Waals surface area contributed by atoms with Crippen molar-refractivity contribution in [1.29, 1.82) is 0 Å². The van der Waals surface area contributed by atoms with E-state index in [9.17, 15) is 4.79 Å². The summed E-state index contributed by atoms with van der Waals surface area (Å²) in [5.41, 5.74) is 2.72. The number of pyridine rings is 1. The summed E-state index contributed by atoms with van der Waals surface area (Å²) in [7, 11) is 3.18. The zero-order chi connectivity index (χ0) is 22.4. The number of aliphatic imine (C=N–C) groups is 1. The van der Waals surface area contributed by atoms with Gasteiger partial charge in [0.2, 0.25) is 0 Å². The molecule has 0 spiro atoms. The average molecular weight is 418 g/mol. The van der Waals surface area contributed by atoms with Crippen molar-refractivity contribution >= 4 is 23.3 Å². The maximum Gasteiger partial charge on any atom is 0.415 e. The van der Waals surface area contributed by atoms with Gasteiger partial charge in [0, 0.05) is 24.2 Å². The molecule has 0 unspecified atom stereocenters. The molecule has 1 aromatic heterocycles. The Morgan fingerprint density at radius 3 is 2.00 bits per heavy atom. The quantitative estimate of drug-likeness (QED) is 0.505. The zero-order valence-corrected chi connectivity index (χ0v) is 18.5. The van der Waals surface area contributed by atoms with Crippen LogP contribution in [0.15, 0.2) is 77.9 Å². The number of rotatable bonds is 5. The fourth-order valence-corrected chi connectivity index (χ4v) is 2.88. The van der Waals surface area contributed by atoms with Crippen LogP contribution in [-0.2, 0) is 4.74 Å². The molecule has 1 amide bonds. The molecule has 0 bridgehead atoms. The second-order valence-electron chi connectivity index (χ2n) is 7.95. The van der Waals surface area contributed by atoms with Gasteiger partial charge in [0.15, 0.2) is 0 Å². The predicted octanol–water partition coefficient (Wildman–Crippen LogP) is 5.63. The largest absolute Gasteiger partial charge is 0.494 e. The lowest BCUT2D eigenvalue weighted by Gasteiger charge is -2.24. The van der Waals surface area contributed by atoms with Crippen molar-refractivity contribution in [3.05, 3.63) is 84.1 Å². The van der Waals surface area contributed by atoms with Crippen molar-refractivity contribution in [2.24, 2.45) is 4.99 Å². The Hall–Kier alpha value is -3.67. The van der Waals surface area contributed by atoms with Crippen LogP contribution in [0.3, 0.4) is 0 Å². The van der Waals surface area contributed by atoms with Gasteiger partial charge in [0.05, 0.1) is 19.0 Å². The lowest BCUT2D eigenvalue weighted by Crippen LogP contribution is -2.34. The van der Waals surface area contributed by atoms with Crippen LogP contribution in [0.5, 0.6) is 5.75 Å². The number of hydrogen-bond donors (Lipinski definition) is 0. The Labute approximate surface area is 183 Å². The molecule has 0 radical (unpaired) electrons. The molecule has 3 aromatic rings. The van der Waals surface area contributed by atoms with Gasteiger partial charge >= 0.3 is 6.09 Å². The first-order chi connectivity index (χ1) is 14.8. The second kappa shape index (κ2) is 9.43. The number of amides is 1. The molecule has 6 heteroatoms. The van der Waals surface area contributed by atoms with Crippen LogP contribution in [0.4, 0.5) is 16.3 Å². The van der Waals surface area contributed by atoms with E-state index in [4.69, 9.17) is 14.5 Å². The monoisotopic (exact) mass is 417 g/mol. The van der Waals surface area contributed by atoms with Crippen molar-refractivity contribution in [1.82, 2.24) is 4.98 Å². The van der Waals surface area contributed by atoms with E-state index in [0.29, 0.717) is 17.3 Å². The smallest absolute Gasteiger partial charge is 0.415 e. The molecule has 0 saturated carbocycles. The molecule has 0 aliphatic rings. The molecule has 160 valence electrons. The molecule has 0 atom stereocenters. The lowest BCUT2D eigenvalue weighted by atomic mass is 10.0. The van der Waals surface area contributed by atoms with E-state index in [1.54, 1.807) is 26.4 Å². The van der Waals surface area contributed by atoms with Crippen molar-refractivity contribution in [3.8, 4) is 5.75 Å².